The van der Waals surface area contributed by atoms with Gasteiger partial charge in [-0.3, -0.25) is 29.4 Å². The molecule has 0 aromatic heterocycles. The Bertz CT molecular complexity index is 3520. The summed E-state index contributed by atoms with van der Waals surface area (Å²) in [6, 6.07) is 69.8. The molecule has 0 fully saturated rings. The zero-order chi connectivity index (χ0) is 66.2. The predicted octanol–water partition coefficient (Wildman–Crippen LogP) is 10.7. The number of nitrogens with zero attached hydrogens (tertiary/aromatic N) is 6. The molecule has 9 aromatic carbocycles. The van der Waals surface area contributed by atoms with Crippen molar-refractivity contribution in [1.82, 2.24) is 50.7 Å². The molecule has 4 bridgehead atoms. The fourth-order valence-corrected chi connectivity index (χ4v) is 14.2. The normalized spacial score (nSPS) is 21.0. The maximum atomic E-state index is 6.91. The molecule has 6 aliphatic heterocycles. The SMILES string of the molecule is c1ccc2c(c1)CNCCN1CCNCc3ccccc3OCCN(CCO2)CCOc2ccccc2CN(Cc2c3ccccc3c(CN3CCN4CCNCc5ccccc5OCCN(CCOc5ccccc5CNCC4)CCOc4ccccc4C3)c3ccccc23)CC1. The average Bonchev–Trinajstić information content (AvgIpc) is 0.752. The van der Waals surface area contributed by atoms with Gasteiger partial charge in [-0.05, 0) is 69.1 Å². The second kappa shape index (κ2) is 36.1. The van der Waals surface area contributed by atoms with E-state index >= 15 is 0 Å². The minimum Gasteiger partial charge on any atom is -0.492 e. The molecule has 16 heteroatoms. The quantitative estimate of drug-likeness (QED) is 0.125. The van der Waals surface area contributed by atoms with Crippen LogP contribution in [0.25, 0.3) is 21.5 Å². The summed E-state index contributed by atoms with van der Waals surface area (Å²) in [5.74, 6) is 5.56. The lowest BCUT2D eigenvalue weighted by molar-refractivity contribution is 0.150. The topological polar surface area (TPSA) is 123 Å². The van der Waals surface area contributed by atoms with Gasteiger partial charge in [-0.15, -0.1) is 0 Å². The molecule has 15 rings (SSSR count). The van der Waals surface area contributed by atoms with Crippen LogP contribution in [0.4, 0.5) is 0 Å². The molecule has 16 nitrogen and oxygen atoms in total. The summed E-state index contributed by atoms with van der Waals surface area (Å²) in [6.45, 7) is 23.9. The minimum absolute atomic E-state index is 0.528. The van der Waals surface area contributed by atoms with Gasteiger partial charge in [0.15, 0.2) is 0 Å². The van der Waals surface area contributed by atoms with Gasteiger partial charge in [-0.25, -0.2) is 0 Å². The molecule has 0 radical (unpaired) electrons. The Hall–Kier alpha value is -8.10. The lowest BCUT2D eigenvalue weighted by Gasteiger charge is -2.31. The number of hydrogen-bond acceptors (Lipinski definition) is 16. The monoisotopic (exact) mass is 1320 g/mol. The van der Waals surface area contributed by atoms with Gasteiger partial charge in [-0.2, -0.15) is 0 Å². The summed E-state index contributed by atoms with van der Waals surface area (Å²) in [5.41, 5.74) is 9.74. The molecule has 0 atom stereocenters. The number of rotatable bonds is 4. The van der Waals surface area contributed by atoms with Gasteiger partial charge in [-0.1, -0.05) is 158 Å². The summed E-state index contributed by atoms with van der Waals surface area (Å²) < 4.78 is 40.1. The van der Waals surface area contributed by atoms with E-state index in [0.29, 0.717) is 39.6 Å². The van der Waals surface area contributed by atoms with Crippen molar-refractivity contribution in [3.05, 3.63) is 239 Å². The van der Waals surface area contributed by atoms with Crippen LogP contribution < -0.4 is 49.7 Å². The zero-order valence-corrected chi connectivity index (χ0v) is 57.2. The highest BCUT2D eigenvalue weighted by Crippen LogP contribution is 2.36. The second-order valence-electron chi connectivity index (χ2n) is 26.3. The van der Waals surface area contributed by atoms with E-state index in [2.05, 4.69) is 245 Å². The second-order valence-corrected chi connectivity index (χ2v) is 26.3. The van der Waals surface area contributed by atoms with E-state index < -0.39 is 0 Å². The van der Waals surface area contributed by atoms with Crippen molar-refractivity contribution in [1.29, 1.82) is 0 Å². The van der Waals surface area contributed by atoms with Crippen molar-refractivity contribution in [3.63, 3.8) is 0 Å². The molecule has 9 aromatic rings. The van der Waals surface area contributed by atoms with Crippen LogP contribution in [0.2, 0.25) is 0 Å². The fourth-order valence-electron chi connectivity index (χ4n) is 14.2. The number of para-hydroxylation sites is 6. The van der Waals surface area contributed by atoms with Crippen molar-refractivity contribution < 1.29 is 28.4 Å². The van der Waals surface area contributed by atoms with Gasteiger partial charge in [0.05, 0.1) is 0 Å². The molecule has 6 aliphatic rings. The zero-order valence-electron chi connectivity index (χ0n) is 57.2. The van der Waals surface area contributed by atoms with E-state index in [9.17, 15) is 0 Å². The summed E-state index contributed by atoms with van der Waals surface area (Å²) in [4.78, 5) is 15.5. The molecule has 0 saturated carbocycles. The van der Waals surface area contributed by atoms with Crippen LogP contribution in [-0.2, 0) is 52.4 Å². The Balaban J connectivity index is 0.825. The van der Waals surface area contributed by atoms with Crippen LogP contribution >= 0.6 is 0 Å². The summed E-state index contributed by atoms with van der Waals surface area (Å²) in [5, 5.41) is 20.5. The number of fused-ring (bicyclic) bond motifs is 32. The summed E-state index contributed by atoms with van der Waals surface area (Å²) in [7, 11) is 0. The molecular weight excluding hydrogens is 1220 g/mol. The van der Waals surface area contributed by atoms with E-state index in [0.717, 1.165) is 205 Å². The Morgan fingerprint density at radius 1 is 0.235 bits per heavy atom. The maximum Gasteiger partial charge on any atom is 0.123 e. The van der Waals surface area contributed by atoms with Crippen molar-refractivity contribution >= 4 is 21.5 Å². The van der Waals surface area contributed by atoms with Crippen LogP contribution in [0.5, 0.6) is 34.5 Å². The highest BCUT2D eigenvalue weighted by atomic mass is 16.5. The molecule has 6 heterocycles. The van der Waals surface area contributed by atoms with E-state index in [4.69, 9.17) is 28.4 Å². The first-order valence-electron chi connectivity index (χ1n) is 35.9. The number of hydrogen-bond donors (Lipinski definition) is 4. The van der Waals surface area contributed by atoms with Gasteiger partial charge >= 0.3 is 0 Å². The van der Waals surface area contributed by atoms with Crippen molar-refractivity contribution in [2.75, 3.05) is 157 Å². The average molecular weight is 1320 g/mol. The molecular formula is C82H100N10O6. The largest absolute Gasteiger partial charge is 0.492 e. The highest BCUT2D eigenvalue weighted by molar-refractivity contribution is 6.05. The van der Waals surface area contributed by atoms with Gasteiger partial charge in [0.25, 0.3) is 0 Å². The predicted molar refractivity (Wildman–Crippen MR) is 394 cm³/mol. The smallest absolute Gasteiger partial charge is 0.123 e. The molecule has 514 valence electrons. The van der Waals surface area contributed by atoms with E-state index in [1.807, 2.05) is 0 Å². The molecule has 0 aliphatic carbocycles. The number of nitrogens with one attached hydrogen (secondary N) is 4. The molecule has 0 unspecified atom stereocenters. The Morgan fingerprint density at radius 2 is 0.459 bits per heavy atom. The molecule has 0 spiro atoms. The van der Waals surface area contributed by atoms with Crippen molar-refractivity contribution in [2.45, 2.75) is 52.4 Å². The van der Waals surface area contributed by atoms with Gasteiger partial charge in [0.2, 0.25) is 0 Å². The van der Waals surface area contributed by atoms with Crippen LogP contribution in [0.1, 0.15) is 44.5 Å². The third-order valence-corrected chi connectivity index (χ3v) is 19.7. The Morgan fingerprint density at radius 3 is 0.735 bits per heavy atom. The molecule has 0 amide bonds. The third-order valence-electron chi connectivity index (χ3n) is 19.7. The molecule has 98 heavy (non-hydrogen) atoms. The van der Waals surface area contributed by atoms with Gasteiger partial charge in [0, 0.05) is 204 Å². The Kier molecular flexibility index (Phi) is 25.2. The number of ether oxygens (including phenoxy) is 6. The number of benzene rings is 9. The summed E-state index contributed by atoms with van der Waals surface area (Å²) in [6.07, 6.45) is 0. The third kappa shape index (κ3) is 19.2. The molecule has 4 N–H and O–H groups in total. The lowest BCUT2D eigenvalue weighted by atomic mass is 9.91. The summed E-state index contributed by atoms with van der Waals surface area (Å²) >= 11 is 0. The van der Waals surface area contributed by atoms with Crippen LogP contribution in [-0.4, -0.2) is 187 Å². The van der Waals surface area contributed by atoms with Crippen LogP contribution in [0.15, 0.2) is 194 Å². The first-order valence-corrected chi connectivity index (χ1v) is 35.9. The van der Waals surface area contributed by atoms with Crippen LogP contribution in [0.3, 0.4) is 0 Å². The van der Waals surface area contributed by atoms with E-state index in [1.165, 1.54) is 66.1 Å². The minimum atomic E-state index is 0.528. The van der Waals surface area contributed by atoms with E-state index in [-0.39, 0.29) is 0 Å². The fraction of sp³-hybridized carbons (Fsp3) is 0.390. The van der Waals surface area contributed by atoms with E-state index in [1.54, 1.807) is 0 Å². The standard InChI is InChI=1S/C82H100N10O6/c1-11-27-77-65(17-1)57-83-33-37-87-38-34-84-58-66-18-2-12-28-78(66)94-52-46-89(45-51-93-77)49-55-97-81-31-15-5-21-69(81)61-91(43-41-87)63-75-71-23-7-9-25-73(71)76(74-26-10-8-24-72(74)75)64-92-44-42-88-39-35-85-59-67-19-3-13-29-79(67)95-53-47-90(50-56-98-82-32-16-6-22-70(82)62-92)48-54-96-80-30-14-4-20-68(80)60-86-36-40-88/h1-32,83-86H,33-64H2. The van der Waals surface area contributed by atoms with Gasteiger partial charge in [0.1, 0.15) is 74.1 Å². The highest BCUT2D eigenvalue weighted by Gasteiger charge is 2.24. The Labute approximate surface area is 580 Å². The molecule has 0 saturated heterocycles. The maximum absolute atomic E-state index is 6.91. The first-order chi connectivity index (χ1) is 48.6. The first kappa shape index (κ1) is 68.4. The lowest BCUT2D eigenvalue weighted by Crippen LogP contribution is -2.41. The van der Waals surface area contributed by atoms with Crippen LogP contribution in [0, 0.1) is 0 Å². The van der Waals surface area contributed by atoms with Crippen molar-refractivity contribution in [2.24, 2.45) is 0 Å². The van der Waals surface area contributed by atoms with Crippen molar-refractivity contribution in [3.8, 4) is 34.5 Å². The van der Waals surface area contributed by atoms with Gasteiger partial charge < -0.3 is 49.7 Å².